The minimum Gasteiger partial charge on any atom is -0.477 e. The van der Waals surface area contributed by atoms with Gasteiger partial charge in [0.05, 0.1) is 6.04 Å². The molecule has 1 aliphatic heterocycles. The lowest BCUT2D eigenvalue weighted by molar-refractivity contribution is -0.128. The number of aryl methyl sites for hydroxylation is 1. The summed E-state index contributed by atoms with van der Waals surface area (Å²) in [6.07, 6.45) is 12.8. The largest absolute Gasteiger partial charge is 0.477 e. The molecule has 1 aliphatic rings. The van der Waals surface area contributed by atoms with Gasteiger partial charge in [0.1, 0.15) is 5.69 Å². The summed E-state index contributed by atoms with van der Waals surface area (Å²) in [5, 5.41) is 9.02. The highest BCUT2D eigenvalue weighted by Crippen LogP contribution is 2.21. The Morgan fingerprint density at radius 1 is 1.37 bits per heavy atom. The Bertz CT molecular complexity index is 709. The Balaban J connectivity index is 1.87. The quantitative estimate of drug-likeness (QED) is 0.620. The van der Waals surface area contributed by atoms with Gasteiger partial charge in [0.2, 0.25) is 5.91 Å². The molecule has 0 aliphatic carbocycles. The van der Waals surface area contributed by atoms with Gasteiger partial charge in [-0.2, -0.15) is 0 Å². The highest BCUT2D eigenvalue weighted by atomic mass is 16.4. The monoisotopic (exact) mass is 370 g/mol. The highest BCUT2D eigenvalue weighted by molar-refractivity contribution is 5.85. The van der Waals surface area contributed by atoms with Crippen LogP contribution in [0.5, 0.6) is 0 Å². The number of carbonyl (C=O) groups excluding carboxylic acids is 1. The Morgan fingerprint density at radius 3 is 2.93 bits per heavy atom. The molecule has 0 saturated carbocycles. The molecule has 5 heteroatoms. The van der Waals surface area contributed by atoms with E-state index in [2.05, 4.69) is 37.1 Å². The predicted octanol–water partition coefficient (Wildman–Crippen LogP) is 4.40. The molecule has 1 atom stereocenters. The fourth-order valence-corrected chi connectivity index (χ4v) is 3.30. The zero-order chi connectivity index (χ0) is 19.6. The summed E-state index contributed by atoms with van der Waals surface area (Å²) in [4.78, 5) is 29.3. The maximum absolute atomic E-state index is 12.2. The first-order valence-corrected chi connectivity index (χ1v) is 9.84. The molecule has 1 saturated heterocycles. The first kappa shape index (κ1) is 20.9. The number of carboxylic acids is 1. The number of amides is 1. The van der Waals surface area contributed by atoms with Crippen LogP contribution >= 0.6 is 0 Å². The van der Waals surface area contributed by atoms with E-state index in [0.29, 0.717) is 19.4 Å². The number of carboxylic acid groups (broad SMARTS) is 1. The van der Waals surface area contributed by atoms with Crippen LogP contribution in [0, 0.1) is 0 Å². The maximum atomic E-state index is 12.2. The van der Waals surface area contributed by atoms with Crippen LogP contribution in [0.3, 0.4) is 0 Å². The molecule has 1 amide bonds. The minimum absolute atomic E-state index is 0.0655. The molecule has 0 unspecified atom stereocenters. The smallest absolute Gasteiger partial charge is 0.354 e. The van der Waals surface area contributed by atoms with Gasteiger partial charge in [-0.3, -0.25) is 4.79 Å². The first-order valence-electron chi connectivity index (χ1n) is 9.84. The standard InChI is InChI=1S/C22H30N2O3/c1-3-4-8-17(2)9-5-12-19-14-15-21(25)24(19)16-7-11-18-10-6-13-20(23-18)22(26)27/h5-6,9-10,12-13,19H,3-4,7-8,11,14-16H2,1-2H3,(H,26,27)/b12-5-,17-9+/t19-/m0/s1. The zero-order valence-electron chi connectivity index (χ0n) is 16.4. The van der Waals surface area contributed by atoms with Gasteiger partial charge in [0.25, 0.3) is 0 Å². The Labute approximate surface area is 161 Å². The van der Waals surface area contributed by atoms with Crippen LogP contribution in [-0.2, 0) is 11.2 Å². The first-order chi connectivity index (χ1) is 13.0. The second kappa shape index (κ2) is 10.7. The number of allylic oxidation sites excluding steroid dienone is 3. The summed E-state index contributed by atoms with van der Waals surface area (Å²) in [5.74, 6) is -0.817. The van der Waals surface area contributed by atoms with Crippen molar-refractivity contribution in [3.8, 4) is 0 Å². The van der Waals surface area contributed by atoms with Gasteiger partial charge < -0.3 is 10.0 Å². The van der Waals surface area contributed by atoms with Crippen LogP contribution in [-0.4, -0.2) is 39.5 Å². The molecule has 1 aromatic rings. The number of aromatic carboxylic acids is 1. The fraction of sp³-hybridized carbons (Fsp3) is 0.500. The van der Waals surface area contributed by atoms with Crippen molar-refractivity contribution < 1.29 is 14.7 Å². The molecule has 1 aromatic heterocycles. The van der Waals surface area contributed by atoms with Crippen molar-refractivity contribution in [1.82, 2.24) is 9.88 Å². The Kier molecular flexibility index (Phi) is 8.24. The van der Waals surface area contributed by atoms with Crippen LogP contribution in [0.4, 0.5) is 0 Å². The van der Waals surface area contributed by atoms with Gasteiger partial charge in [-0.05, 0) is 51.2 Å². The fourth-order valence-electron chi connectivity index (χ4n) is 3.30. The summed E-state index contributed by atoms with van der Waals surface area (Å²) in [6.45, 7) is 5.01. The SMILES string of the molecule is CCCC/C(C)=C/C=C\[C@H]1CCC(=O)N1CCCc1cccc(C(=O)O)n1. The van der Waals surface area contributed by atoms with Crippen molar-refractivity contribution in [2.45, 2.75) is 64.8 Å². The number of hydrogen-bond donors (Lipinski definition) is 1. The molecule has 27 heavy (non-hydrogen) atoms. The molecular formula is C22H30N2O3. The van der Waals surface area contributed by atoms with Crippen LogP contribution in [0.15, 0.2) is 42.0 Å². The summed E-state index contributed by atoms with van der Waals surface area (Å²) >= 11 is 0. The lowest BCUT2D eigenvalue weighted by atomic mass is 10.1. The van der Waals surface area contributed by atoms with E-state index in [1.165, 1.54) is 24.5 Å². The lowest BCUT2D eigenvalue weighted by Gasteiger charge is -2.22. The van der Waals surface area contributed by atoms with Gasteiger partial charge in [-0.1, -0.05) is 43.2 Å². The van der Waals surface area contributed by atoms with E-state index in [1.54, 1.807) is 6.07 Å². The van der Waals surface area contributed by atoms with Crippen molar-refractivity contribution in [2.24, 2.45) is 0 Å². The van der Waals surface area contributed by atoms with Crippen LogP contribution in [0.25, 0.3) is 0 Å². The second-order valence-corrected chi connectivity index (χ2v) is 7.12. The van der Waals surface area contributed by atoms with Gasteiger partial charge >= 0.3 is 5.97 Å². The molecule has 146 valence electrons. The van der Waals surface area contributed by atoms with Gasteiger partial charge in [0, 0.05) is 18.7 Å². The third-order valence-electron chi connectivity index (χ3n) is 4.87. The molecule has 0 radical (unpaired) electrons. The van der Waals surface area contributed by atoms with Crippen molar-refractivity contribution >= 4 is 11.9 Å². The van der Waals surface area contributed by atoms with Gasteiger partial charge in [0.15, 0.2) is 0 Å². The summed E-state index contributed by atoms with van der Waals surface area (Å²) in [5.41, 5.74) is 2.19. The number of hydrogen-bond acceptors (Lipinski definition) is 3. The molecule has 0 aromatic carbocycles. The highest BCUT2D eigenvalue weighted by Gasteiger charge is 2.28. The molecule has 5 nitrogen and oxygen atoms in total. The Morgan fingerprint density at radius 2 is 2.19 bits per heavy atom. The maximum Gasteiger partial charge on any atom is 0.354 e. The lowest BCUT2D eigenvalue weighted by Crippen LogP contribution is -2.32. The number of pyridine rings is 1. The summed E-state index contributed by atoms with van der Waals surface area (Å²) in [6, 6.07) is 5.20. The average Bonchev–Trinajstić information content (AvgIpc) is 3.00. The van der Waals surface area contributed by atoms with E-state index in [1.807, 2.05) is 11.0 Å². The van der Waals surface area contributed by atoms with Gasteiger partial charge in [-0.25, -0.2) is 9.78 Å². The van der Waals surface area contributed by atoms with E-state index in [0.717, 1.165) is 25.0 Å². The van der Waals surface area contributed by atoms with E-state index in [4.69, 9.17) is 5.11 Å². The van der Waals surface area contributed by atoms with Gasteiger partial charge in [-0.15, -0.1) is 0 Å². The normalized spacial score (nSPS) is 17.9. The number of rotatable bonds is 10. The molecule has 0 spiro atoms. The third-order valence-corrected chi connectivity index (χ3v) is 4.87. The average molecular weight is 370 g/mol. The van der Waals surface area contributed by atoms with E-state index >= 15 is 0 Å². The number of likely N-dealkylation sites (tertiary alicyclic amines) is 1. The minimum atomic E-state index is -1.01. The zero-order valence-corrected chi connectivity index (χ0v) is 16.4. The van der Waals surface area contributed by atoms with Crippen molar-refractivity contribution in [3.63, 3.8) is 0 Å². The molecular weight excluding hydrogens is 340 g/mol. The van der Waals surface area contributed by atoms with Crippen LogP contribution in [0.2, 0.25) is 0 Å². The number of unbranched alkanes of at least 4 members (excludes halogenated alkanes) is 1. The van der Waals surface area contributed by atoms with Crippen LogP contribution < -0.4 is 0 Å². The topological polar surface area (TPSA) is 70.5 Å². The van der Waals surface area contributed by atoms with Crippen LogP contribution in [0.1, 0.15) is 68.6 Å². The van der Waals surface area contributed by atoms with E-state index < -0.39 is 5.97 Å². The molecule has 2 heterocycles. The Hall–Kier alpha value is -2.43. The molecule has 2 rings (SSSR count). The molecule has 1 fully saturated rings. The number of carbonyl (C=O) groups is 2. The van der Waals surface area contributed by atoms with Crippen molar-refractivity contribution in [1.29, 1.82) is 0 Å². The number of nitrogens with zero attached hydrogens (tertiary/aromatic N) is 2. The third kappa shape index (κ3) is 6.66. The molecule has 0 bridgehead atoms. The number of aromatic nitrogens is 1. The summed E-state index contributed by atoms with van der Waals surface area (Å²) in [7, 11) is 0. The molecule has 1 N–H and O–H groups in total. The summed E-state index contributed by atoms with van der Waals surface area (Å²) < 4.78 is 0. The second-order valence-electron chi connectivity index (χ2n) is 7.12. The van der Waals surface area contributed by atoms with Crippen molar-refractivity contribution in [2.75, 3.05) is 6.54 Å². The predicted molar refractivity (Wildman–Crippen MR) is 107 cm³/mol. The van der Waals surface area contributed by atoms with E-state index in [-0.39, 0.29) is 17.6 Å². The van der Waals surface area contributed by atoms with Crippen molar-refractivity contribution in [3.05, 3.63) is 53.4 Å². The van der Waals surface area contributed by atoms with E-state index in [9.17, 15) is 9.59 Å².